The molecular formula is C36H51N3O5. The van der Waals surface area contributed by atoms with Crippen LogP contribution < -0.4 is 0 Å². The summed E-state index contributed by atoms with van der Waals surface area (Å²) >= 11 is 0. The van der Waals surface area contributed by atoms with Crippen LogP contribution in [0.2, 0.25) is 0 Å². The lowest BCUT2D eigenvalue weighted by atomic mass is 9.74. The van der Waals surface area contributed by atoms with Gasteiger partial charge in [-0.1, -0.05) is 95.7 Å². The predicted octanol–water partition coefficient (Wildman–Crippen LogP) is 4.58. The second kappa shape index (κ2) is 11.4. The quantitative estimate of drug-likeness (QED) is 0.439. The lowest BCUT2D eigenvalue weighted by molar-refractivity contribution is -0.160. The molecule has 1 unspecified atom stereocenters. The summed E-state index contributed by atoms with van der Waals surface area (Å²) in [6.07, 6.45) is 9.20. The number of hydrogen-bond acceptors (Lipinski definition) is 5. The highest BCUT2D eigenvalue weighted by Crippen LogP contribution is 2.58. The predicted molar refractivity (Wildman–Crippen MR) is 170 cm³/mol. The summed E-state index contributed by atoms with van der Waals surface area (Å²) in [5.41, 5.74) is -1.99. The van der Waals surface area contributed by atoms with Crippen molar-refractivity contribution < 1.29 is 24.2 Å². The fourth-order valence-electron chi connectivity index (χ4n) is 8.57. The largest absolute Gasteiger partial charge is 0.394 e. The van der Waals surface area contributed by atoms with Crippen LogP contribution in [0.5, 0.6) is 0 Å². The molecule has 0 saturated carbocycles. The highest BCUT2D eigenvalue weighted by atomic mass is 16.5. The number of ether oxygens (including phenoxy) is 1. The van der Waals surface area contributed by atoms with Crippen LogP contribution in [-0.2, 0) is 25.7 Å². The SMILES string of the molecule is CC[C@H](C)[C@H](CO)N1C(=O)[C@@H]2[C@H]3C(=O)N(Cc4ccccc4)CC=C[C@@]3(C)O[C@@]23C=CCN(C(C)(C)CC(C)(C)C)C(=O)C13. The van der Waals surface area contributed by atoms with Gasteiger partial charge in [0.15, 0.2) is 0 Å². The molecule has 0 bridgehead atoms. The number of nitrogens with zero attached hydrogens (tertiary/aromatic N) is 3. The number of aliphatic hydroxyl groups excluding tert-OH is 1. The Morgan fingerprint density at radius 1 is 0.955 bits per heavy atom. The summed E-state index contributed by atoms with van der Waals surface area (Å²) in [5, 5.41) is 10.7. The zero-order valence-electron chi connectivity index (χ0n) is 27.7. The number of aliphatic hydroxyl groups is 1. The Hall–Kier alpha value is -2.97. The van der Waals surface area contributed by atoms with Crippen molar-refractivity contribution in [3.8, 4) is 0 Å². The number of rotatable bonds is 8. The Labute approximate surface area is 263 Å². The molecule has 5 rings (SSSR count). The van der Waals surface area contributed by atoms with Crippen LogP contribution in [0.1, 0.15) is 73.8 Å². The van der Waals surface area contributed by atoms with Crippen molar-refractivity contribution in [3.63, 3.8) is 0 Å². The Bertz CT molecular complexity index is 1330. The van der Waals surface area contributed by atoms with Crippen molar-refractivity contribution in [1.82, 2.24) is 14.7 Å². The number of fused-ring (bicyclic) bond motifs is 2. The summed E-state index contributed by atoms with van der Waals surface area (Å²) < 4.78 is 7.03. The molecule has 8 nitrogen and oxygen atoms in total. The third-order valence-electron chi connectivity index (χ3n) is 10.3. The Morgan fingerprint density at radius 2 is 1.61 bits per heavy atom. The fraction of sp³-hybridized carbons (Fsp3) is 0.639. The van der Waals surface area contributed by atoms with Crippen LogP contribution in [-0.4, -0.2) is 86.0 Å². The van der Waals surface area contributed by atoms with Gasteiger partial charge in [-0.25, -0.2) is 0 Å². The molecule has 2 saturated heterocycles. The van der Waals surface area contributed by atoms with Crippen molar-refractivity contribution >= 4 is 17.7 Å². The third kappa shape index (κ3) is 5.32. The van der Waals surface area contributed by atoms with E-state index in [1.165, 1.54) is 0 Å². The van der Waals surface area contributed by atoms with Crippen molar-refractivity contribution in [2.75, 3.05) is 19.7 Å². The molecule has 44 heavy (non-hydrogen) atoms. The van der Waals surface area contributed by atoms with Gasteiger partial charge >= 0.3 is 0 Å². The van der Waals surface area contributed by atoms with Crippen molar-refractivity contribution in [2.45, 2.75) is 104 Å². The van der Waals surface area contributed by atoms with Crippen LogP contribution in [0, 0.1) is 23.2 Å². The molecule has 4 aliphatic heterocycles. The molecule has 4 heterocycles. The van der Waals surface area contributed by atoms with E-state index in [-0.39, 0.29) is 35.7 Å². The molecule has 0 radical (unpaired) electrons. The average Bonchev–Trinajstić information content (AvgIpc) is 3.21. The van der Waals surface area contributed by atoms with Gasteiger partial charge in [-0.15, -0.1) is 0 Å². The van der Waals surface area contributed by atoms with Gasteiger partial charge in [-0.3, -0.25) is 14.4 Å². The number of carbonyl (C=O) groups excluding carboxylic acids is 3. The van der Waals surface area contributed by atoms with E-state index >= 15 is 0 Å². The molecule has 8 heteroatoms. The van der Waals surface area contributed by atoms with Gasteiger partial charge in [0, 0.05) is 25.2 Å². The maximum absolute atomic E-state index is 15.0. The minimum Gasteiger partial charge on any atom is -0.394 e. The normalized spacial score (nSPS) is 31.9. The number of benzene rings is 1. The molecule has 4 aliphatic rings. The Kier molecular flexibility index (Phi) is 8.43. The van der Waals surface area contributed by atoms with Crippen LogP contribution in [0.3, 0.4) is 0 Å². The van der Waals surface area contributed by atoms with Crippen molar-refractivity contribution in [2.24, 2.45) is 23.2 Å². The lowest BCUT2D eigenvalue weighted by Gasteiger charge is -2.46. The molecule has 1 N–H and O–H groups in total. The monoisotopic (exact) mass is 605 g/mol. The van der Waals surface area contributed by atoms with Gasteiger partial charge in [-0.2, -0.15) is 0 Å². The molecule has 2 fully saturated rings. The Morgan fingerprint density at radius 3 is 2.23 bits per heavy atom. The highest BCUT2D eigenvalue weighted by molar-refractivity contribution is 6.00. The number of hydrogen-bond donors (Lipinski definition) is 1. The first kappa shape index (κ1) is 32.4. The number of likely N-dealkylation sites (tertiary alicyclic amines) is 1. The molecule has 1 spiro atoms. The minimum absolute atomic E-state index is 0.0421. The minimum atomic E-state index is -1.35. The van der Waals surface area contributed by atoms with E-state index in [0.717, 1.165) is 18.4 Å². The molecule has 1 aromatic carbocycles. The van der Waals surface area contributed by atoms with E-state index in [1.54, 1.807) is 9.80 Å². The van der Waals surface area contributed by atoms with Gasteiger partial charge in [0.1, 0.15) is 11.6 Å². The van der Waals surface area contributed by atoms with E-state index in [9.17, 15) is 19.5 Å². The molecule has 240 valence electrons. The zero-order valence-corrected chi connectivity index (χ0v) is 27.7. The van der Waals surface area contributed by atoms with Gasteiger partial charge in [-0.05, 0) is 44.1 Å². The number of amides is 3. The van der Waals surface area contributed by atoms with Gasteiger partial charge in [0.2, 0.25) is 17.7 Å². The maximum Gasteiger partial charge on any atom is 0.249 e. The molecule has 3 amide bonds. The van der Waals surface area contributed by atoms with Gasteiger partial charge in [0.05, 0.1) is 30.1 Å². The maximum atomic E-state index is 15.0. The standard InChI is InChI=1S/C36H51N3O5/c1-9-24(2)26(22-40)39-29-32(43)38(34(6,7)23-33(3,4)5)20-14-18-36(29)28(31(39)42)27-30(41)37(19-13-17-35(27,8)44-36)21-25-15-11-10-12-16-25/h10-18,24,26-29,40H,9,19-23H2,1-8H3/t24-,26-,27-,28-,29?,35+,36-/m0/s1. The van der Waals surface area contributed by atoms with Crippen LogP contribution in [0.4, 0.5) is 0 Å². The average molecular weight is 606 g/mol. The van der Waals surface area contributed by atoms with E-state index in [2.05, 4.69) is 34.6 Å². The van der Waals surface area contributed by atoms with Crippen molar-refractivity contribution in [3.05, 3.63) is 60.2 Å². The second-order valence-corrected chi connectivity index (χ2v) is 15.4. The lowest BCUT2D eigenvalue weighted by Crippen LogP contribution is -2.62. The first-order valence-corrected chi connectivity index (χ1v) is 16.2. The van der Waals surface area contributed by atoms with Gasteiger partial charge < -0.3 is 24.5 Å². The van der Waals surface area contributed by atoms with E-state index in [0.29, 0.717) is 19.6 Å². The van der Waals surface area contributed by atoms with Crippen LogP contribution in [0.15, 0.2) is 54.6 Å². The second-order valence-electron chi connectivity index (χ2n) is 15.4. The van der Waals surface area contributed by atoms with Gasteiger partial charge in [0.25, 0.3) is 0 Å². The summed E-state index contributed by atoms with van der Waals surface area (Å²) in [6, 6.07) is 8.24. The Balaban J connectivity index is 1.63. The summed E-state index contributed by atoms with van der Waals surface area (Å²) in [7, 11) is 0. The smallest absolute Gasteiger partial charge is 0.249 e. The summed E-state index contributed by atoms with van der Waals surface area (Å²) in [4.78, 5) is 49.7. The molecule has 7 atom stereocenters. The molecular weight excluding hydrogens is 554 g/mol. The molecule has 0 aromatic heterocycles. The van der Waals surface area contributed by atoms with Crippen molar-refractivity contribution in [1.29, 1.82) is 0 Å². The van der Waals surface area contributed by atoms with E-state index in [1.807, 2.05) is 80.3 Å². The van der Waals surface area contributed by atoms with E-state index < -0.39 is 40.7 Å². The third-order valence-corrected chi connectivity index (χ3v) is 10.3. The van der Waals surface area contributed by atoms with E-state index in [4.69, 9.17) is 4.74 Å². The molecule has 1 aromatic rings. The first-order valence-electron chi connectivity index (χ1n) is 16.2. The van der Waals surface area contributed by atoms with Crippen LogP contribution in [0.25, 0.3) is 0 Å². The zero-order chi connectivity index (χ0) is 32.2. The first-order chi connectivity index (χ1) is 20.6. The summed E-state index contributed by atoms with van der Waals surface area (Å²) in [5.74, 6) is -2.44. The topological polar surface area (TPSA) is 90.4 Å². The molecule has 0 aliphatic carbocycles. The number of carbonyl (C=O) groups is 3. The van der Waals surface area contributed by atoms with Crippen LogP contribution >= 0.6 is 0 Å². The fourth-order valence-corrected chi connectivity index (χ4v) is 8.57. The highest BCUT2D eigenvalue weighted by Gasteiger charge is 2.75. The summed E-state index contributed by atoms with van der Waals surface area (Å²) in [6.45, 7) is 17.4.